The first-order valence-electron chi connectivity index (χ1n) is 8.99. The van der Waals surface area contributed by atoms with Crippen molar-refractivity contribution < 1.29 is 32.2 Å². The number of ether oxygens (including phenoxy) is 2. The second kappa shape index (κ2) is 10.1. The molecule has 1 heterocycles. The first kappa shape index (κ1) is 22.3. The molecule has 0 saturated carbocycles. The molecule has 5 nitrogen and oxygen atoms in total. The molecule has 3 rings (SSSR count). The van der Waals surface area contributed by atoms with Crippen LogP contribution in [0.4, 0.5) is 13.2 Å². The van der Waals surface area contributed by atoms with Crippen molar-refractivity contribution in [3.63, 3.8) is 0 Å². The second-order valence-electron chi connectivity index (χ2n) is 6.35. The van der Waals surface area contributed by atoms with Crippen LogP contribution >= 0.6 is 11.6 Å². The molecule has 0 fully saturated rings. The van der Waals surface area contributed by atoms with Crippen LogP contribution < -0.4 is 0 Å². The van der Waals surface area contributed by atoms with Crippen LogP contribution in [0.15, 0.2) is 60.7 Å². The molecular formula is C22H15ClF3NO4. The van der Waals surface area contributed by atoms with Gasteiger partial charge in [0.05, 0.1) is 0 Å². The minimum Gasteiger partial charge on any atom is -0.460 e. The van der Waals surface area contributed by atoms with Gasteiger partial charge in [0.25, 0.3) is 5.95 Å². The minimum atomic E-state index is -2.16. The Labute approximate surface area is 180 Å². The van der Waals surface area contributed by atoms with E-state index in [4.69, 9.17) is 21.1 Å². The third-order valence-electron chi connectivity index (χ3n) is 4.24. The van der Waals surface area contributed by atoms with Crippen LogP contribution in [-0.2, 0) is 32.3 Å². The molecule has 0 aliphatic heterocycles. The molecule has 0 aliphatic carbocycles. The van der Waals surface area contributed by atoms with Crippen molar-refractivity contribution in [1.82, 2.24) is 4.98 Å². The highest BCUT2D eigenvalue weighted by Gasteiger charge is 2.39. The number of aromatic nitrogens is 1. The first-order valence-corrected chi connectivity index (χ1v) is 9.37. The molecule has 0 amide bonds. The maximum atomic E-state index is 14.4. The van der Waals surface area contributed by atoms with Gasteiger partial charge >= 0.3 is 11.9 Å². The summed E-state index contributed by atoms with van der Waals surface area (Å²) in [4.78, 5) is 28.0. The lowest BCUT2D eigenvalue weighted by Crippen LogP contribution is -2.28. The van der Waals surface area contributed by atoms with Gasteiger partial charge in [-0.25, -0.2) is 4.39 Å². The number of hydrogen-bond acceptors (Lipinski definition) is 5. The van der Waals surface area contributed by atoms with Gasteiger partial charge in [-0.1, -0.05) is 72.3 Å². The summed E-state index contributed by atoms with van der Waals surface area (Å²) in [6, 6.07) is 16.9. The van der Waals surface area contributed by atoms with Crippen LogP contribution in [0.3, 0.4) is 0 Å². The van der Waals surface area contributed by atoms with Gasteiger partial charge in [-0.2, -0.15) is 13.8 Å². The van der Waals surface area contributed by atoms with Crippen LogP contribution in [0.1, 0.15) is 22.6 Å². The van der Waals surface area contributed by atoms with Gasteiger partial charge in [0, 0.05) is 5.56 Å². The zero-order valence-electron chi connectivity index (χ0n) is 15.9. The number of pyridine rings is 1. The average Bonchev–Trinajstić information content (AvgIpc) is 2.79. The van der Waals surface area contributed by atoms with Crippen molar-refractivity contribution in [2.24, 2.45) is 0 Å². The molecule has 0 spiro atoms. The Bertz CT molecular complexity index is 999. The Hall–Kier alpha value is -3.39. The molecule has 9 heteroatoms. The van der Waals surface area contributed by atoms with E-state index < -0.39 is 46.2 Å². The largest absolute Gasteiger partial charge is 0.460 e. The summed E-state index contributed by atoms with van der Waals surface area (Å²) in [5, 5.41) is -1.02. The number of benzene rings is 2. The summed E-state index contributed by atoms with van der Waals surface area (Å²) in [6.07, 6.45) is 0. The molecule has 3 aromatic rings. The fraction of sp³-hybridized carbons (Fsp3) is 0.136. The van der Waals surface area contributed by atoms with E-state index in [0.717, 1.165) is 0 Å². The number of halogens is 4. The molecule has 0 radical (unpaired) electrons. The molecular weight excluding hydrogens is 435 g/mol. The number of nitrogens with zero attached hydrogens (tertiary/aromatic N) is 1. The summed E-state index contributed by atoms with van der Waals surface area (Å²) in [6.45, 7) is -0.533. The molecule has 0 atom stereocenters. The van der Waals surface area contributed by atoms with Crippen LogP contribution in [-0.4, -0.2) is 16.9 Å². The number of carbonyl (C=O) groups excluding carboxylic acids is 2. The Morgan fingerprint density at radius 3 is 1.71 bits per heavy atom. The van der Waals surface area contributed by atoms with Crippen molar-refractivity contribution in [1.29, 1.82) is 0 Å². The van der Waals surface area contributed by atoms with E-state index in [-0.39, 0.29) is 13.2 Å². The van der Waals surface area contributed by atoms with E-state index >= 15 is 0 Å². The SMILES string of the molecule is O=C(OCc1ccccc1)C(C(=O)OCc1ccccc1)c1c(F)c(F)nc(F)c1Cl. The Morgan fingerprint density at radius 1 is 0.806 bits per heavy atom. The van der Waals surface area contributed by atoms with Gasteiger partial charge in [-0.3, -0.25) is 9.59 Å². The van der Waals surface area contributed by atoms with E-state index in [9.17, 15) is 22.8 Å². The van der Waals surface area contributed by atoms with E-state index in [1.165, 1.54) is 0 Å². The van der Waals surface area contributed by atoms with Crippen molar-refractivity contribution in [3.8, 4) is 0 Å². The molecule has 2 aromatic carbocycles. The molecule has 160 valence electrons. The fourth-order valence-electron chi connectivity index (χ4n) is 2.71. The zero-order chi connectivity index (χ0) is 22.4. The fourth-order valence-corrected chi connectivity index (χ4v) is 2.95. The molecule has 1 aromatic heterocycles. The van der Waals surface area contributed by atoms with Crippen LogP contribution in [0.25, 0.3) is 0 Å². The standard InChI is InChI=1S/C22H15ClF3NO4/c23-17-15(18(24)20(26)27-19(17)25)16(21(28)30-11-13-7-3-1-4-8-13)22(29)31-12-14-9-5-2-6-10-14/h1-10,16H,11-12H2. The van der Waals surface area contributed by atoms with Gasteiger partial charge < -0.3 is 9.47 Å². The lowest BCUT2D eigenvalue weighted by molar-refractivity contribution is -0.159. The molecule has 0 bridgehead atoms. The third-order valence-corrected chi connectivity index (χ3v) is 4.60. The van der Waals surface area contributed by atoms with Crippen molar-refractivity contribution in [2.75, 3.05) is 0 Å². The Balaban J connectivity index is 1.90. The van der Waals surface area contributed by atoms with Gasteiger partial charge in [0.2, 0.25) is 5.95 Å². The quantitative estimate of drug-likeness (QED) is 0.296. The highest BCUT2D eigenvalue weighted by Crippen LogP contribution is 2.32. The molecule has 0 N–H and O–H groups in total. The summed E-state index contributed by atoms with van der Waals surface area (Å²) in [5.41, 5.74) is 0.111. The molecule has 31 heavy (non-hydrogen) atoms. The Kier molecular flexibility index (Phi) is 7.25. The van der Waals surface area contributed by atoms with Crippen LogP contribution in [0, 0.1) is 17.7 Å². The summed E-state index contributed by atoms with van der Waals surface area (Å²) < 4.78 is 52.2. The highest BCUT2D eigenvalue weighted by atomic mass is 35.5. The molecule has 0 aliphatic rings. The lowest BCUT2D eigenvalue weighted by atomic mass is 9.99. The van der Waals surface area contributed by atoms with Crippen LogP contribution in [0.2, 0.25) is 5.02 Å². The maximum Gasteiger partial charge on any atom is 0.325 e. The predicted octanol–water partition coefficient (Wildman–Crippen LogP) is 4.72. The van der Waals surface area contributed by atoms with Gasteiger partial charge in [0.1, 0.15) is 18.2 Å². The monoisotopic (exact) mass is 449 g/mol. The first-order chi connectivity index (χ1) is 14.9. The maximum absolute atomic E-state index is 14.4. The van der Waals surface area contributed by atoms with E-state index in [0.29, 0.717) is 11.1 Å². The number of esters is 2. The minimum absolute atomic E-state index is 0.266. The number of carbonyl (C=O) groups is 2. The van der Waals surface area contributed by atoms with E-state index in [2.05, 4.69) is 4.98 Å². The molecule has 0 unspecified atom stereocenters. The smallest absolute Gasteiger partial charge is 0.325 e. The third kappa shape index (κ3) is 5.40. The van der Waals surface area contributed by atoms with Crippen molar-refractivity contribution >= 4 is 23.5 Å². The molecule has 0 saturated heterocycles. The Morgan fingerprint density at radius 2 is 1.26 bits per heavy atom. The normalized spacial score (nSPS) is 10.7. The van der Waals surface area contributed by atoms with E-state index in [1.807, 2.05) is 0 Å². The number of hydrogen-bond donors (Lipinski definition) is 0. The van der Waals surface area contributed by atoms with Crippen LogP contribution in [0.5, 0.6) is 0 Å². The number of rotatable bonds is 7. The lowest BCUT2D eigenvalue weighted by Gasteiger charge is -2.18. The van der Waals surface area contributed by atoms with Crippen molar-refractivity contribution in [2.45, 2.75) is 19.1 Å². The zero-order valence-corrected chi connectivity index (χ0v) is 16.6. The van der Waals surface area contributed by atoms with Crippen molar-refractivity contribution in [3.05, 3.63) is 100 Å². The summed E-state index contributed by atoms with van der Waals surface area (Å²) in [5.74, 6) is -9.90. The summed E-state index contributed by atoms with van der Waals surface area (Å²) >= 11 is 5.73. The van der Waals surface area contributed by atoms with Gasteiger partial charge in [0.15, 0.2) is 11.7 Å². The highest BCUT2D eigenvalue weighted by molar-refractivity contribution is 6.32. The van der Waals surface area contributed by atoms with Gasteiger partial charge in [-0.05, 0) is 11.1 Å². The van der Waals surface area contributed by atoms with Gasteiger partial charge in [-0.15, -0.1) is 0 Å². The summed E-state index contributed by atoms with van der Waals surface area (Å²) in [7, 11) is 0. The van der Waals surface area contributed by atoms with E-state index in [1.54, 1.807) is 60.7 Å². The predicted molar refractivity (Wildman–Crippen MR) is 104 cm³/mol. The second-order valence-corrected chi connectivity index (χ2v) is 6.73. The topological polar surface area (TPSA) is 65.5 Å². The average molecular weight is 450 g/mol.